The molecule has 156 valence electrons. The lowest BCUT2D eigenvalue weighted by atomic mass is 10.2. The third-order valence-corrected chi connectivity index (χ3v) is 4.35. The molecule has 2 aromatic heterocycles. The number of carbonyl (C=O) groups is 1. The van der Waals surface area contributed by atoms with Crippen molar-refractivity contribution in [3.8, 4) is 11.4 Å². The molecule has 3 aromatic rings. The zero-order chi connectivity index (χ0) is 21.7. The molecule has 1 N–H and O–H groups in total. The Hall–Kier alpha value is -3.49. The molecule has 0 spiro atoms. The van der Waals surface area contributed by atoms with Crippen LogP contribution in [0.2, 0.25) is 0 Å². The van der Waals surface area contributed by atoms with Crippen LogP contribution in [0.4, 0.5) is 24.7 Å². The van der Waals surface area contributed by atoms with E-state index >= 15 is 0 Å². The van der Waals surface area contributed by atoms with Crippen molar-refractivity contribution in [3.05, 3.63) is 66.1 Å². The number of hydrogen-bond donors (Lipinski definition) is 1. The minimum Gasteiger partial charge on any atom is -0.340 e. The number of benzene rings is 1. The second kappa shape index (κ2) is 8.89. The van der Waals surface area contributed by atoms with E-state index in [0.717, 1.165) is 11.6 Å². The molecule has 30 heavy (non-hydrogen) atoms. The lowest BCUT2D eigenvalue weighted by molar-refractivity contribution is -0.141. The highest BCUT2D eigenvalue weighted by Gasteiger charge is 2.34. The zero-order valence-corrected chi connectivity index (χ0v) is 16.4. The second-order valence-electron chi connectivity index (χ2n) is 6.55. The topological polar surface area (TPSA) is 71.0 Å². The van der Waals surface area contributed by atoms with Crippen molar-refractivity contribution in [1.82, 2.24) is 19.9 Å². The van der Waals surface area contributed by atoms with E-state index < -0.39 is 11.9 Å². The highest BCUT2D eigenvalue weighted by molar-refractivity contribution is 5.73. The van der Waals surface area contributed by atoms with E-state index in [2.05, 4.69) is 20.3 Å². The molecule has 2 heterocycles. The van der Waals surface area contributed by atoms with Gasteiger partial charge in [-0.3, -0.25) is 9.78 Å². The molecule has 0 radical (unpaired) electrons. The van der Waals surface area contributed by atoms with E-state index in [1.807, 2.05) is 13.0 Å². The van der Waals surface area contributed by atoms with Crippen LogP contribution in [0.5, 0.6) is 0 Å². The molecule has 0 unspecified atom stereocenters. The lowest BCUT2D eigenvalue weighted by Gasteiger charge is -2.19. The smallest absolute Gasteiger partial charge is 0.340 e. The second-order valence-corrected chi connectivity index (χ2v) is 6.55. The number of aromatic nitrogens is 3. The van der Waals surface area contributed by atoms with Gasteiger partial charge in [0, 0.05) is 49.7 Å². The molecule has 0 bridgehead atoms. The molecule has 0 fully saturated rings. The van der Waals surface area contributed by atoms with Crippen LogP contribution in [0.25, 0.3) is 11.4 Å². The van der Waals surface area contributed by atoms with Crippen molar-refractivity contribution >= 4 is 17.4 Å². The molecular weight excluding hydrogens is 395 g/mol. The molecule has 0 aliphatic rings. The lowest BCUT2D eigenvalue weighted by Crippen LogP contribution is -2.27. The van der Waals surface area contributed by atoms with Gasteiger partial charge in [0.25, 0.3) is 0 Å². The van der Waals surface area contributed by atoms with Crippen LogP contribution in [0, 0.1) is 0 Å². The molecule has 3 rings (SSSR count). The molecular formula is C21H20F3N5O. The Labute approximate surface area is 171 Å². The zero-order valence-electron chi connectivity index (χ0n) is 16.4. The average Bonchev–Trinajstić information content (AvgIpc) is 2.72. The number of carbonyl (C=O) groups excluding carboxylic acids is 1. The van der Waals surface area contributed by atoms with E-state index in [4.69, 9.17) is 0 Å². The summed E-state index contributed by atoms with van der Waals surface area (Å²) in [4.78, 5) is 25.1. The van der Waals surface area contributed by atoms with Crippen LogP contribution in [0.15, 0.2) is 54.9 Å². The van der Waals surface area contributed by atoms with Crippen LogP contribution < -0.4 is 5.32 Å². The summed E-state index contributed by atoms with van der Waals surface area (Å²) in [6, 6.07) is 11.1. The standard InChI is InChI=1S/C21H20F3N5O/c1-3-29(14(2)30)13-15-5-4-6-17(11-15)26-19-12-18(21(22,23)24)27-20(28-19)16-7-9-25-10-8-16/h4-12H,3,13H2,1-2H3,(H,26,27,28). The Kier molecular flexibility index (Phi) is 6.29. The van der Waals surface area contributed by atoms with Gasteiger partial charge in [-0.25, -0.2) is 9.97 Å². The molecule has 0 saturated heterocycles. The number of rotatable bonds is 6. The first-order chi connectivity index (χ1) is 14.3. The maximum absolute atomic E-state index is 13.4. The van der Waals surface area contributed by atoms with Gasteiger partial charge in [0.1, 0.15) is 5.82 Å². The maximum Gasteiger partial charge on any atom is 0.433 e. The minimum atomic E-state index is -4.62. The summed E-state index contributed by atoms with van der Waals surface area (Å²) in [6.07, 6.45) is -1.69. The van der Waals surface area contributed by atoms with E-state index in [-0.39, 0.29) is 17.5 Å². The van der Waals surface area contributed by atoms with Gasteiger partial charge >= 0.3 is 6.18 Å². The van der Waals surface area contributed by atoms with Crippen molar-refractivity contribution < 1.29 is 18.0 Å². The predicted molar refractivity (Wildman–Crippen MR) is 107 cm³/mol. The van der Waals surface area contributed by atoms with Gasteiger partial charge < -0.3 is 10.2 Å². The predicted octanol–water partition coefficient (Wildman–Crippen LogP) is 4.67. The fourth-order valence-electron chi connectivity index (χ4n) is 2.85. The molecule has 0 aliphatic carbocycles. The number of anilines is 2. The molecule has 1 aromatic carbocycles. The Bertz CT molecular complexity index is 1020. The van der Waals surface area contributed by atoms with E-state index in [1.54, 1.807) is 35.2 Å². The van der Waals surface area contributed by atoms with Gasteiger partial charge in [0.15, 0.2) is 11.5 Å². The van der Waals surface area contributed by atoms with Gasteiger partial charge in [0.2, 0.25) is 5.91 Å². The van der Waals surface area contributed by atoms with Crippen molar-refractivity contribution in [1.29, 1.82) is 0 Å². The van der Waals surface area contributed by atoms with Crippen molar-refractivity contribution in [3.63, 3.8) is 0 Å². The molecule has 6 nitrogen and oxygen atoms in total. The fraction of sp³-hybridized carbons (Fsp3) is 0.238. The Morgan fingerprint density at radius 2 is 1.83 bits per heavy atom. The summed E-state index contributed by atoms with van der Waals surface area (Å²) in [5.74, 6) is -0.0942. The normalized spacial score (nSPS) is 11.2. The maximum atomic E-state index is 13.4. The number of hydrogen-bond acceptors (Lipinski definition) is 5. The monoisotopic (exact) mass is 415 g/mol. The highest BCUT2D eigenvalue weighted by atomic mass is 19.4. The Morgan fingerprint density at radius 3 is 2.47 bits per heavy atom. The number of nitrogens with one attached hydrogen (secondary N) is 1. The van der Waals surface area contributed by atoms with Crippen LogP contribution in [0.1, 0.15) is 25.1 Å². The number of pyridine rings is 1. The summed E-state index contributed by atoms with van der Waals surface area (Å²) >= 11 is 0. The SMILES string of the molecule is CCN(Cc1cccc(Nc2cc(C(F)(F)F)nc(-c3ccncc3)n2)c1)C(C)=O. The van der Waals surface area contributed by atoms with Gasteiger partial charge in [-0.1, -0.05) is 12.1 Å². The highest BCUT2D eigenvalue weighted by Crippen LogP contribution is 2.31. The summed E-state index contributed by atoms with van der Waals surface area (Å²) in [7, 11) is 0. The summed E-state index contributed by atoms with van der Waals surface area (Å²) in [5, 5.41) is 2.92. The fourth-order valence-corrected chi connectivity index (χ4v) is 2.85. The number of nitrogens with zero attached hydrogens (tertiary/aromatic N) is 4. The first kappa shape index (κ1) is 21.2. The molecule has 0 saturated carbocycles. The van der Waals surface area contributed by atoms with E-state index in [0.29, 0.717) is 24.3 Å². The third-order valence-electron chi connectivity index (χ3n) is 4.35. The first-order valence-electron chi connectivity index (χ1n) is 9.24. The molecule has 9 heteroatoms. The van der Waals surface area contributed by atoms with E-state index in [1.165, 1.54) is 19.3 Å². The molecule has 1 amide bonds. The van der Waals surface area contributed by atoms with Gasteiger partial charge in [-0.15, -0.1) is 0 Å². The summed E-state index contributed by atoms with van der Waals surface area (Å²) in [5.41, 5.74) is 0.778. The third kappa shape index (κ3) is 5.31. The molecule has 0 aliphatic heterocycles. The quantitative estimate of drug-likeness (QED) is 0.634. The first-order valence-corrected chi connectivity index (χ1v) is 9.24. The van der Waals surface area contributed by atoms with Crippen LogP contribution in [-0.4, -0.2) is 32.3 Å². The van der Waals surface area contributed by atoms with Crippen molar-refractivity contribution in [2.75, 3.05) is 11.9 Å². The van der Waals surface area contributed by atoms with Gasteiger partial charge in [-0.2, -0.15) is 13.2 Å². The average molecular weight is 415 g/mol. The minimum absolute atomic E-state index is 0.0141. The van der Waals surface area contributed by atoms with Crippen LogP contribution in [0.3, 0.4) is 0 Å². The number of alkyl halides is 3. The summed E-state index contributed by atoms with van der Waals surface area (Å²) < 4.78 is 40.1. The Morgan fingerprint density at radius 1 is 1.10 bits per heavy atom. The van der Waals surface area contributed by atoms with E-state index in [9.17, 15) is 18.0 Å². The van der Waals surface area contributed by atoms with Gasteiger partial charge in [-0.05, 0) is 36.8 Å². The summed E-state index contributed by atoms with van der Waals surface area (Å²) in [6.45, 7) is 4.33. The number of amides is 1. The van der Waals surface area contributed by atoms with Crippen molar-refractivity contribution in [2.45, 2.75) is 26.6 Å². The largest absolute Gasteiger partial charge is 0.433 e. The van der Waals surface area contributed by atoms with Crippen LogP contribution >= 0.6 is 0 Å². The van der Waals surface area contributed by atoms with Crippen molar-refractivity contribution in [2.24, 2.45) is 0 Å². The Balaban J connectivity index is 1.93. The number of halogens is 3. The van der Waals surface area contributed by atoms with Crippen LogP contribution in [-0.2, 0) is 17.5 Å². The van der Waals surface area contributed by atoms with Gasteiger partial charge in [0.05, 0.1) is 0 Å². The molecule has 0 atom stereocenters.